The van der Waals surface area contributed by atoms with Crippen molar-refractivity contribution >= 4 is 28.1 Å². The van der Waals surface area contributed by atoms with E-state index in [0.717, 1.165) is 69.2 Å². The average Bonchev–Trinajstić information content (AvgIpc) is 3.46. The summed E-state index contributed by atoms with van der Waals surface area (Å²) in [5.74, 6) is 0.368. The van der Waals surface area contributed by atoms with Crippen LogP contribution >= 0.6 is 0 Å². The fourth-order valence-corrected chi connectivity index (χ4v) is 7.20. The van der Waals surface area contributed by atoms with Gasteiger partial charge in [0, 0.05) is 37.0 Å². The van der Waals surface area contributed by atoms with E-state index in [4.69, 9.17) is 9.47 Å². The summed E-state index contributed by atoms with van der Waals surface area (Å²) in [4.78, 5) is 31.7. The standard InChI is InChI=1S/C36H42FN5O4/c1-40(2)15-7-6-13-39-36(44)27-20-42-29-18-25-24-11-5-4-9-22(24)21-45-30(25)19-31(29)46-35-32(28(37)17-26(33(35)42)34(27)43)38-14-12-23-10-8-16-41(23)3/h4,9,17-20,23,38H,5-8,10-16,21H2,1-3H3,(H,39,44). The quantitative estimate of drug-likeness (QED) is 0.218. The van der Waals surface area contributed by atoms with Crippen molar-refractivity contribution in [2.24, 2.45) is 0 Å². The number of fused-ring (bicyclic) bond motifs is 4. The zero-order chi connectivity index (χ0) is 31.9. The first-order valence-corrected chi connectivity index (χ1v) is 16.5. The number of aromatic nitrogens is 1. The number of ether oxygens (including phenoxy) is 2. The summed E-state index contributed by atoms with van der Waals surface area (Å²) in [5, 5.41) is 6.31. The molecule has 1 aliphatic carbocycles. The number of halogens is 1. The number of hydrogen-bond acceptors (Lipinski definition) is 7. The predicted molar refractivity (Wildman–Crippen MR) is 179 cm³/mol. The maximum absolute atomic E-state index is 16.0. The van der Waals surface area contributed by atoms with Gasteiger partial charge in [-0.1, -0.05) is 12.2 Å². The molecule has 242 valence electrons. The van der Waals surface area contributed by atoms with Crippen molar-refractivity contribution in [1.29, 1.82) is 0 Å². The van der Waals surface area contributed by atoms with Crippen molar-refractivity contribution in [3.05, 3.63) is 69.3 Å². The summed E-state index contributed by atoms with van der Waals surface area (Å²) < 4.78 is 30.4. The van der Waals surface area contributed by atoms with Crippen LogP contribution in [0.25, 0.3) is 22.2 Å². The molecule has 1 amide bonds. The molecular formula is C36H42FN5O4. The Hall–Kier alpha value is -4.15. The Morgan fingerprint density at radius 2 is 2.02 bits per heavy atom. The molecule has 3 aromatic rings. The SMILES string of the molecule is CN(C)CCCCNC(=O)c1cn2c3c(c(NCCC4CCCN4C)c(F)cc3c1=O)Oc1cc3c(cc1-2)C1=C(C=CCC1)CO3. The van der Waals surface area contributed by atoms with Gasteiger partial charge in [0.1, 0.15) is 29.1 Å². The summed E-state index contributed by atoms with van der Waals surface area (Å²) in [7, 11) is 6.14. The number of hydrogen-bond donors (Lipinski definition) is 2. The summed E-state index contributed by atoms with van der Waals surface area (Å²) in [6.45, 7) is 3.45. The summed E-state index contributed by atoms with van der Waals surface area (Å²) in [6, 6.07) is 5.55. The lowest BCUT2D eigenvalue weighted by atomic mass is 9.89. The van der Waals surface area contributed by atoms with Gasteiger partial charge in [0.15, 0.2) is 17.3 Å². The van der Waals surface area contributed by atoms with Crippen molar-refractivity contribution in [2.45, 2.75) is 51.0 Å². The molecule has 1 unspecified atom stereocenters. The van der Waals surface area contributed by atoms with Crippen LogP contribution in [0.1, 0.15) is 60.9 Å². The highest BCUT2D eigenvalue weighted by Crippen LogP contribution is 2.49. The number of benzene rings is 2. The van der Waals surface area contributed by atoms with Gasteiger partial charge in [-0.25, -0.2) is 4.39 Å². The van der Waals surface area contributed by atoms with Gasteiger partial charge in [-0.15, -0.1) is 0 Å². The zero-order valence-corrected chi connectivity index (χ0v) is 26.9. The number of rotatable bonds is 10. The minimum absolute atomic E-state index is 0.0298. The van der Waals surface area contributed by atoms with Crippen molar-refractivity contribution in [1.82, 2.24) is 19.7 Å². The summed E-state index contributed by atoms with van der Waals surface area (Å²) in [5.41, 5.74) is 4.12. The van der Waals surface area contributed by atoms with Crippen molar-refractivity contribution < 1.29 is 18.7 Å². The predicted octanol–water partition coefficient (Wildman–Crippen LogP) is 5.70. The molecule has 0 saturated carbocycles. The second-order valence-electron chi connectivity index (χ2n) is 13.1. The average molecular weight is 628 g/mol. The number of carbonyl (C=O) groups excluding carboxylic acids is 1. The van der Waals surface area contributed by atoms with E-state index in [0.29, 0.717) is 48.4 Å². The highest BCUT2D eigenvalue weighted by Gasteiger charge is 2.31. The van der Waals surface area contributed by atoms with Crippen molar-refractivity contribution in [3.63, 3.8) is 0 Å². The first kappa shape index (κ1) is 30.5. The molecular weight excluding hydrogens is 585 g/mol. The molecule has 10 heteroatoms. The van der Waals surface area contributed by atoms with Gasteiger partial charge in [0.25, 0.3) is 5.91 Å². The molecule has 7 rings (SSSR count). The molecule has 1 fully saturated rings. The van der Waals surface area contributed by atoms with E-state index < -0.39 is 17.2 Å². The Balaban J connectivity index is 1.31. The zero-order valence-electron chi connectivity index (χ0n) is 26.9. The largest absolute Gasteiger partial charge is 0.488 e. The van der Waals surface area contributed by atoms with Crippen LogP contribution < -0.4 is 25.5 Å². The van der Waals surface area contributed by atoms with E-state index in [1.54, 1.807) is 6.20 Å². The smallest absolute Gasteiger partial charge is 0.256 e. The second kappa shape index (κ2) is 12.6. The molecule has 1 aromatic heterocycles. The van der Waals surface area contributed by atoms with Crippen LogP contribution in [0.5, 0.6) is 17.2 Å². The van der Waals surface area contributed by atoms with Gasteiger partial charge in [0.2, 0.25) is 5.43 Å². The van der Waals surface area contributed by atoms with Crippen LogP contribution in [-0.4, -0.2) is 80.2 Å². The Morgan fingerprint density at radius 1 is 1.15 bits per heavy atom. The monoisotopic (exact) mass is 627 g/mol. The molecule has 2 aromatic carbocycles. The number of carbonyl (C=O) groups is 1. The Labute approximate surface area is 268 Å². The number of pyridine rings is 1. The van der Waals surface area contributed by atoms with Gasteiger partial charge in [-0.2, -0.15) is 0 Å². The van der Waals surface area contributed by atoms with Crippen LogP contribution in [-0.2, 0) is 0 Å². The Bertz CT molecular complexity index is 1830. The van der Waals surface area contributed by atoms with Crippen LogP contribution in [0.15, 0.2) is 46.9 Å². The van der Waals surface area contributed by atoms with E-state index in [-0.39, 0.29) is 22.4 Å². The molecule has 3 aliphatic heterocycles. The molecule has 9 nitrogen and oxygen atoms in total. The molecule has 4 aliphatic rings. The maximum atomic E-state index is 16.0. The maximum Gasteiger partial charge on any atom is 0.256 e. The van der Waals surface area contributed by atoms with Crippen molar-refractivity contribution in [2.75, 3.05) is 59.2 Å². The summed E-state index contributed by atoms with van der Waals surface area (Å²) >= 11 is 0. The third-order valence-corrected chi connectivity index (χ3v) is 9.72. The van der Waals surface area contributed by atoms with E-state index in [1.807, 2.05) is 30.8 Å². The highest BCUT2D eigenvalue weighted by atomic mass is 19.1. The molecule has 0 bridgehead atoms. The molecule has 0 radical (unpaired) electrons. The lowest BCUT2D eigenvalue weighted by Crippen LogP contribution is -2.31. The van der Waals surface area contributed by atoms with Crippen LogP contribution in [0, 0.1) is 5.82 Å². The number of unbranched alkanes of at least 4 members (excludes halogenated alkanes) is 1. The fourth-order valence-electron chi connectivity index (χ4n) is 7.20. The van der Waals surface area contributed by atoms with Crippen LogP contribution in [0.2, 0.25) is 0 Å². The van der Waals surface area contributed by atoms with Crippen LogP contribution in [0.3, 0.4) is 0 Å². The lowest BCUT2D eigenvalue weighted by molar-refractivity contribution is 0.0951. The van der Waals surface area contributed by atoms with E-state index in [2.05, 4.69) is 39.6 Å². The number of anilines is 1. The number of nitrogens with one attached hydrogen (secondary N) is 2. The molecule has 2 N–H and O–H groups in total. The fraction of sp³-hybridized carbons (Fsp3) is 0.444. The number of nitrogens with zero attached hydrogens (tertiary/aromatic N) is 3. The molecule has 1 atom stereocenters. The Kier molecular flexibility index (Phi) is 8.33. The minimum Gasteiger partial charge on any atom is -0.488 e. The summed E-state index contributed by atoms with van der Waals surface area (Å²) in [6.07, 6.45) is 12.6. The van der Waals surface area contributed by atoms with Gasteiger partial charge in [0.05, 0.1) is 11.1 Å². The Morgan fingerprint density at radius 3 is 2.83 bits per heavy atom. The van der Waals surface area contributed by atoms with Crippen LogP contribution in [0.4, 0.5) is 10.1 Å². The first-order valence-electron chi connectivity index (χ1n) is 16.5. The van der Waals surface area contributed by atoms with E-state index >= 15 is 4.39 Å². The van der Waals surface area contributed by atoms with Gasteiger partial charge < -0.3 is 34.5 Å². The molecule has 1 saturated heterocycles. The minimum atomic E-state index is -0.589. The normalized spacial score (nSPS) is 18.2. The highest BCUT2D eigenvalue weighted by molar-refractivity contribution is 6.01. The van der Waals surface area contributed by atoms with Gasteiger partial charge >= 0.3 is 0 Å². The molecule has 0 spiro atoms. The first-order chi connectivity index (χ1) is 22.3. The van der Waals surface area contributed by atoms with Gasteiger partial charge in [-0.3, -0.25) is 9.59 Å². The topological polar surface area (TPSA) is 88.1 Å². The third kappa shape index (κ3) is 5.58. The third-order valence-electron chi connectivity index (χ3n) is 9.72. The number of likely N-dealkylation sites (tertiary alicyclic amines) is 1. The van der Waals surface area contributed by atoms with E-state index in [9.17, 15) is 9.59 Å². The van der Waals surface area contributed by atoms with E-state index in [1.165, 1.54) is 11.6 Å². The van der Waals surface area contributed by atoms with Gasteiger partial charge in [-0.05, 0) is 102 Å². The number of allylic oxidation sites excluding steroid dienone is 2. The lowest BCUT2D eigenvalue weighted by Gasteiger charge is -2.30. The second-order valence-corrected chi connectivity index (χ2v) is 13.1. The van der Waals surface area contributed by atoms with Crippen molar-refractivity contribution in [3.8, 4) is 22.9 Å². The molecule has 46 heavy (non-hydrogen) atoms. The number of amides is 1. The molecule has 4 heterocycles.